The van der Waals surface area contributed by atoms with Gasteiger partial charge in [0.05, 0.1) is 17.0 Å². The van der Waals surface area contributed by atoms with Crippen molar-refractivity contribution in [3.8, 4) is 0 Å². The average molecular weight is 398 g/mol. The average Bonchev–Trinajstić information content (AvgIpc) is 2.60. The summed E-state index contributed by atoms with van der Waals surface area (Å²) >= 11 is 5.98. The van der Waals surface area contributed by atoms with Crippen LogP contribution in [0.25, 0.3) is 0 Å². The predicted molar refractivity (Wildman–Crippen MR) is 93.3 cm³/mol. The Morgan fingerprint density at radius 2 is 1.93 bits per heavy atom. The molecule has 0 spiro atoms. The molecule has 2 aromatic rings. The van der Waals surface area contributed by atoms with Crippen molar-refractivity contribution < 1.29 is 23.3 Å². The Morgan fingerprint density at radius 3 is 2.56 bits per heavy atom. The Balaban J connectivity index is 1.99. The lowest BCUT2D eigenvalue weighted by Crippen LogP contribution is -2.38. The summed E-state index contributed by atoms with van der Waals surface area (Å²) in [5, 5.41) is 13.3. The molecule has 0 aliphatic heterocycles. The normalized spacial score (nSPS) is 10.4. The first-order valence-electron chi connectivity index (χ1n) is 7.59. The summed E-state index contributed by atoms with van der Waals surface area (Å²) in [5.74, 6) is -3.28. The van der Waals surface area contributed by atoms with Gasteiger partial charge in [-0.15, -0.1) is 0 Å². The number of carbonyl (C=O) groups is 2. The number of likely N-dealkylation sites (N-methyl/N-ethyl adjacent to an activating group) is 1. The summed E-state index contributed by atoms with van der Waals surface area (Å²) in [6.07, 6.45) is 0. The van der Waals surface area contributed by atoms with E-state index in [9.17, 15) is 28.5 Å². The van der Waals surface area contributed by atoms with Gasteiger partial charge in [0.1, 0.15) is 11.6 Å². The van der Waals surface area contributed by atoms with Crippen molar-refractivity contribution in [3.05, 3.63) is 74.3 Å². The second-order valence-corrected chi connectivity index (χ2v) is 6.00. The highest BCUT2D eigenvalue weighted by atomic mass is 35.5. The van der Waals surface area contributed by atoms with Crippen LogP contribution in [0.4, 0.5) is 14.5 Å². The van der Waals surface area contributed by atoms with Crippen molar-refractivity contribution in [2.45, 2.75) is 6.54 Å². The number of non-ortho nitro benzene ring substituents is 1. The van der Waals surface area contributed by atoms with Crippen LogP contribution in [-0.4, -0.2) is 35.2 Å². The van der Waals surface area contributed by atoms with Gasteiger partial charge in [0.15, 0.2) is 0 Å². The maximum Gasteiger partial charge on any atom is 0.269 e. The van der Waals surface area contributed by atoms with E-state index < -0.39 is 40.5 Å². The summed E-state index contributed by atoms with van der Waals surface area (Å²) in [6, 6.07) is 6.30. The number of nitrogens with zero attached hydrogens (tertiary/aromatic N) is 2. The number of nitro groups is 1. The van der Waals surface area contributed by atoms with Crippen molar-refractivity contribution >= 4 is 29.1 Å². The molecule has 10 heteroatoms. The van der Waals surface area contributed by atoms with Crippen molar-refractivity contribution in [2.75, 3.05) is 13.6 Å². The number of rotatable bonds is 6. The summed E-state index contributed by atoms with van der Waals surface area (Å²) in [7, 11) is 1.42. The van der Waals surface area contributed by atoms with Gasteiger partial charge < -0.3 is 10.2 Å². The maximum absolute atomic E-state index is 13.6. The predicted octanol–water partition coefficient (Wildman–Crippen LogP) is 2.91. The van der Waals surface area contributed by atoms with Crippen LogP contribution in [0.3, 0.4) is 0 Å². The number of hydrogen-bond acceptors (Lipinski definition) is 4. The zero-order chi connectivity index (χ0) is 20.1. The zero-order valence-electron chi connectivity index (χ0n) is 14.0. The van der Waals surface area contributed by atoms with E-state index >= 15 is 0 Å². The topological polar surface area (TPSA) is 92.5 Å². The van der Waals surface area contributed by atoms with Crippen LogP contribution < -0.4 is 5.32 Å². The van der Waals surface area contributed by atoms with Gasteiger partial charge in [-0.05, 0) is 23.8 Å². The van der Waals surface area contributed by atoms with E-state index in [1.165, 1.54) is 30.1 Å². The zero-order valence-corrected chi connectivity index (χ0v) is 14.8. The highest BCUT2D eigenvalue weighted by Gasteiger charge is 2.17. The number of benzene rings is 2. The molecule has 142 valence electrons. The van der Waals surface area contributed by atoms with Crippen molar-refractivity contribution in [1.82, 2.24) is 10.2 Å². The lowest BCUT2D eigenvalue weighted by molar-refractivity contribution is -0.384. The second-order valence-electron chi connectivity index (χ2n) is 5.59. The van der Waals surface area contributed by atoms with Crippen molar-refractivity contribution in [2.24, 2.45) is 0 Å². The molecular formula is C17H14ClF2N3O4. The number of amides is 2. The van der Waals surface area contributed by atoms with Crippen LogP contribution >= 0.6 is 11.6 Å². The lowest BCUT2D eigenvalue weighted by Gasteiger charge is -2.18. The molecule has 0 unspecified atom stereocenters. The smallest absolute Gasteiger partial charge is 0.269 e. The Kier molecular flexibility index (Phi) is 6.40. The molecule has 0 aliphatic carbocycles. The largest absolute Gasteiger partial charge is 0.343 e. The fourth-order valence-corrected chi connectivity index (χ4v) is 2.38. The van der Waals surface area contributed by atoms with Crippen molar-refractivity contribution in [3.63, 3.8) is 0 Å². The molecule has 2 aromatic carbocycles. The highest BCUT2D eigenvalue weighted by Crippen LogP contribution is 2.23. The van der Waals surface area contributed by atoms with E-state index in [1.807, 2.05) is 0 Å². The monoisotopic (exact) mass is 397 g/mol. The molecular weight excluding hydrogens is 384 g/mol. The van der Waals surface area contributed by atoms with E-state index in [4.69, 9.17) is 11.6 Å². The van der Waals surface area contributed by atoms with Gasteiger partial charge in [0.2, 0.25) is 5.91 Å². The van der Waals surface area contributed by atoms with E-state index in [2.05, 4.69) is 5.32 Å². The Labute approximate surface area is 157 Å². The van der Waals surface area contributed by atoms with E-state index in [0.717, 1.165) is 12.1 Å². The standard InChI is InChI=1S/C17H14ClF2N3O4/c1-22(9-10-6-12(23(26)27)3-5-14(10)18)16(24)8-21-17(25)13-4-2-11(19)7-15(13)20/h2-7H,8-9H2,1H3,(H,21,25). The second kappa shape index (κ2) is 8.54. The van der Waals surface area contributed by atoms with Crippen LogP contribution in [0.5, 0.6) is 0 Å². The van der Waals surface area contributed by atoms with Crippen LogP contribution in [0.2, 0.25) is 5.02 Å². The van der Waals surface area contributed by atoms with Crippen LogP contribution in [0, 0.1) is 21.7 Å². The molecule has 2 amide bonds. The molecule has 0 fully saturated rings. The third-order valence-electron chi connectivity index (χ3n) is 3.65. The molecule has 0 atom stereocenters. The van der Waals surface area contributed by atoms with Gasteiger partial charge >= 0.3 is 0 Å². The molecule has 0 heterocycles. The first-order valence-corrected chi connectivity index (χ1v) is 7.97. The number of nitrogens with one attached hydrogen (secondary N) is 1. The van der Waals surface area contributed by atoms with E-state index in [0.29, 0.717) is 11.6 Å². The number of nitro benzene ring substituents is 1. The minimum absolute atomic E-state index is 0.0277. The first-order chi connectivity index (χ1) is 12.7. The quantitative estimate of drug-likeness (QED) is 0.599. The van der Waals surface area contributed by atoms with Gasteiger partial charge in [-0.3, -0.25) is 19.7 Å². The lowest BCUT2D eigenvalue weighted by atomic mass is 10.2. The Hall–Kier alpha value is -3.07. The summed E-state index contributed by atoms with van der Waals surface area (Å²) in [6.45, 7) is -0.473. The van der Waals surface area contributed by atoms with Gasteiger partial charge in [-0.25, -0.2) is 8.78 Å². The van der Waals surface area contributed by atoms with Gasteiger partial charge in [0.25, 0.3) is 11.6 Å². The third-order valence-corrected chi connectivity index (χ3v) is 4.02. The Bertz CT molecular complexity index is 908. The van der Waals surface area contributed by atoms with Crippen LogP contribution in [-0.2, 0) is 11.3 Å². The molecule has 0 saturated carbocycles. The summed E-state index contributed by atoms with van der Waals surface area (Å²) in [5.41, 5.74) is -0.207. The summed E-state index contributed by atoms with van der Waals surface area (Å²) in [4.78, 5) is 35.5. The minimum atomic E-state index is -1.04. The van der Waals surface area contributed by atoms with Crippen LogP contribution in [0.1, 0.15) is 15.9 Å². The molecule has 27 heavy (non-hydrogen) atoms. The molecule has 0 aliphatic rings. The molecule has 0 aromatic heterocycles. The summed E-state index contributed by atoms with van der Waals surface area (Å²) < 4.78 is 26.4. The highest BCUT2D eigenvalue weighted by molar-refractivity contribution is 6.31. The molecule has 0 radical (unpaired) electrons. The van der Waals surface area contributed by atoms with Crippen LogP contribution in [0.15, 0.2) is 36.4 Å². The maximum atomic E-state index is 13.6. The number of halogens is 3. The molecule has 0 bridgehead atoms. The van der Waals surface area contributed by atoms with E-state index in [1.54, 1.807) is 0 Å². The van der Waals surface area contributed by atoms with Gasteiger partial charge in [0, 0.05) is 36.8 Å². The van der Waals surface area contributed by atoms with Crippen molar-refractivity contribution in [1.29, 1.82) is 0 Å². The third kappa shape index (κ3) is 5.20. The molecule has 0 saturated heterocycles. The van der Waals surface area contributed by atoms with Gasteiger partial charge in [-0.2, -0.15) is 0 Å². The number of carbonyl (C=O) groups excluding carboxylic acids is 2. The fourth-order valence-electron chi connectivity index (χ4n) is 2.20. The van der Waals surface area contributed by atoms with Gasteiger partial charge in [-0.1, -0.05) is 11.6 Å². The molecule has 2 rings (SSSR count). The minimum Gasteiger partial charge on any atom is -0.343 e. The number of hydrogen-bond donors (Lipinski definition) is 1. The van der Waals surface area contributed by atoms with E-state index in [-0.39, 0.29) is 17.3 Å². The molecule has 1 N–H and O–H groups in total. The molecule has 7 nitrogen and oxygen atoms in total. The SMILES string of the molecule is CN(Cc1cc([N+](=O)[O-])ccc1Cl)C(=O)CNC(=O)c1ccc(F)cc1F. The first kappa shape index (κ1) is 20.2. The Morgan fingerprint density at radius 1 is 1.22 bits per heavy atom. The fraction of sp³-hybridized carbons (Fsp3) is 0.176.